The molecule has 18 heavy (non-hydrogen) atoms. The van der Waals surface area contributed by atoms with Gasteiger partial charge < -0.3 is 15.3 Å². The molecule has 1 aromatic rings. The minimum atomic E-state index is -0.0215. The Kier molecular flexibility index (Phi) is 4.91. The number of carbonyl (C=O) groups is 1. The molecule has 7 heteroatoms. The number of anilines is 1. The van der Waals surface area contributed by atoms with Crippen molar-refractivity contribution in [3.63, 3.8) is 0 Å². The van der Waals surface area contributed by atoms with Crippen LogP contribution in [0.3, 0.4) is 0 Å². The molecule has 2 heterocycles. The summed E-state index contributed by atoms with van der Waals surface area (Å²) in [6.45, 7) is 4.27. The third-order valence-corrected chi connectivity index (χ3v) is 3.70. The molecule has 2 rings (SSSR count). The summed E-state index contributed by atoms with van der Waals surface area (Å²) in [7, 11) is 0. The molecule has 1 fully saturated rings. The number of carbonyl (C=O) groups excluding carboxylic acids is 1. The minimum Gasteiger partial charge on any atom is -0.395 e. The number of aromatic nitrogens is 1. The van der Waals surface area contributed by atoms with Crippen molar-refractivity contribution in [2.75, 3.05) is 50.8 Å². The predicted octanol–water partition coefficient (Wildman–Crippen LogP) is -0.626. The summed E-state index contributed by atoms with van der Waals surface area (Å²) in [6.07, 6.45) is 1.81. The molecule has 0 spiro atoms. The van der Waals surface area contributed by atoms with E-state index in [1.54, 1.807) is 11.3 Å². The van der Waals surface area contributed by atoms with Crippen LogP contribution in [0, 0.1) is 0 Å². The number of piperazine rings is 1. The number of aliphatic hydroxyl groups excluding tert-OH is 1. The number of thiazole rings is 1. The van der Waals surface area contributed by atoms with Crippen molar-refractivity contribution in [3.8, 4) is 0 Å². The summed E-state index contributed by atoms with van der Waals surface area (Å²) in [5.41, 5.74) is 0. The fraction of sp³-hybridized carbons (Fsp3) is 0.636. The van der Waals surface area contributed by atoms with Gasteiger partial charge in [-0.25, -0.2) is 4.98 Å². The first-order chi connectivity index (χ1) is 8.79. The quantitative estimate of drug-likeness (QED) is 0.746. The highest BCUT2D eigenvalue weighted by atomic mass is 32.1. The van der Waals surface area contributed by atoms with Crippen LogP contribution in [0.15, 0.2) is 11.6 Å². The van der Waals surface area contributed by atoms with Crippen LogP contribution in [0.1, 0.15) is 0 Å². The van der Waals surface area contributed by atoms with E-state index < -0.39 is 0 Å². The molecular weight excluding hydrogens is 252 g/mol. The van der Waals surface area contributed by atoms with Gasteiger partial charge >= 0.3 is 0 Å². The van der Waals surface area contributed by atoms with E-state index in [4.69, 9.17) is 5.11 Å². The Morgan fingerprint density at radius 2 is 2.22 bits per heavy atom. The number of nitrogens with one attached hydrogen (secondary N) is 1. The van der Waals surface area contributed by atoms with E-state index in [-0.39, 0.29) is 12.5 Å². The number of amides is 1. The van der Waals surface area contributed by atoms with Gasteiger partial charge in [-0.15, -0.1) is 11.3 Å². The van der Waals surface area contributed by atoms with Crippen LogP contribution in [-0.4, -0.2) is 66.8 Å². The van der Waals surface area contributed by atoms with Crippen molar-refractivity contribution >= 4 is 22.4 Å². The lowest BCUT2D eigenvalue weighted by atomic mass is 10.3. The number of rotatable bonds is 5. The van der Waals surface area contributed by atoms with Gasteiger partial charge in [0, 0.05) is 44.3 Å². The van der Waals surface area contributed by atoms with Crippen LogP contribution in [0.4, 0.5) is 5.13 Å². The van der Waals surface area contributed by atoms with Crippen LogP contribution in [0.5, 0.6) is 0 Å². The second-order valence-corrected chi connectivity index (χ2v) is 5.02. The number of aliphatic hydroxyl groups is 1. The average Bonchev–Trinajstić information content (AvgIpc) is 2.91. The molecule has 6 nitrogen and oxygen atoms in total. The van der Waals surface area contributed by atoms with Crippen molar-refractivity contribution in [1.29, 1.82) is 0 Å². The van der Waals surface area contributed by atoms with Gasteiger partial charge in [0.2, 0.25) is 5.91 Å². The molecule has 0 aromatic carbocycles. The molecule has 1 aliphatic heterocycles. The maximum absolute atomic E-state index is 11.5. The van der Waals surface area contributed by atoms with Gasteiger partial charge in [-0.1, -0.05) is 0 Å². The summed E-state index contributed by atoms with van der Waals surface area (Å²) >= 11 is 1.64. The van der Waals surface area contributed by atoms with E-state index in [1.165, 1.54) is 0 Å². The van der Waals surface area contributed by atoms with E-state index in [1.807, 2.05) is 11.6 Å². The zero-order valence-electron chi connectivity index (χ0n) is 10.2. The maximum Gasteiger partial charge on any atom is 0.234 e. The van der Waals surface area contributed by atoms with Gasteiger partial charge in [0.05, 0.1) is 13.2 Å². The van der Waals surface area contributed by atoms with Gasteiger partial charge in [-0.05, 0) is 0 Å². The Morgan fingerprint density at radius 1 is 1.44 bits per heavy atom. The Balaban J connectivity index is 1.72. The molecule has 0 saturated carbocycles. The Morgan fingerprint density at radius 3 is 2.83 bits per heavy atom. The van der Waals surface area contributed by atoms with Crippen LogP contribution in [-0.2, 0) is 4.79 Å². The molecule has 100 valence electrons. The highest BCUT2D eigenvalue weighted by molar-refractivity contribution is 7.13. The van der Waals surface area contributed by atoms with E-state index in [0.29, 0.717) is 13.1 Å². The normalized spacial score (nSPS) is 16.8. The second-order valence-electron chi connectivity index (χ2n) is 4.15. The SMILES string of the molecule is O=C(CN1CCN(c2nccs2)CC1)NCCO. The third kappa shape index (κ3) is 3.66. The lowest BCUT2D eigenvalue weighted by Crippen LogP contribution is -2.49. The molecule has 1 aromatic heterocycles. The summed E-state index contributed by atoms with van der Waals surface area (Å²) in [5, 5.41) is 14.3. The highest BCUT2D eigenvalue weighted by Crippen LogP contribution is 2.18. The van der Waals surface area contributed by atoms with Gasteiger partial charge in [0.15, 0.2) is 5.13 Å². The monoisotopic (exact) mass is 270 g/mol. The Hall–Kier alpha value is -1.18. The topological polar surface area (TPSA) is 68.7 Å². The van der Waals surface area contributed by atoms with Crippen molar-refractivity contribution in [3.05, 3.63) is 11.6 Å². The predicted molar refractivity (Wildman–Crippen MR) is 70.9 cm³/mol. The summed E-state index contributed by atoms with van der Waals surface area (Å²) in [6, 6.07) is 0. The smallest absolute Gasteiger partial charge is 0.234 e. The lowest BCUT2D eigenvalue weighted by molar-refractivity contribution is -0.122. The Bertz CT molecular complexity index is 363. The largest absolute Gasteiger partial charge is 0.395 e. The second kappa shape index (κ2) is 6.67. The zero-order valence-corrected chi connectivity index (χ0v) is 11.0. The Labute approximate surface area is 110 Å². The van der Waals surface area contributed by atoms with Gasteiger partial charge in [0.25, 0.3) is 0 Å². The summed E-state index contributed by atoms with van der Waals surface area (Å²) < 4.78 is 0. The van der Waals surface area contributed by atoms with Crippen LogP contribution < -0.4 is 10.2 Å². The molecule has 2 N–H and O–H groups in total. The van der Waals surface area contributed by atoms with Crippen molar-refractivity contribution in [1.82, 2.24) is 15.2 Å². The van der Waals surface area contributed by atoms with E-state index >= 15 is 0 Å². The zero-order chi connectivity index (χ0) is 12.8. The van der Waals surface area contributed by atoms with Crippen LogP contribution >= 0.6 is 11.3 Å². The highest BCUT2D eigenvalue weighted by Gasteiger charge is 2.19. The summed E-state index contributed by atoms with van der Waals surface area (Å²) in [4.78, 5) is 20.1. The van der Waals surface area contributed by atoms with Crippen LogP contribution in [0.25, 0.3) is 0 Å². The molecular formula is C11H18N4O2S. The molecule has 1 saturated heterocycles. The third-order valence-electron chi connectivity index (χ3n) is 2.86. The first-order valence-electron chi connectivity index (χ1n) is 6.04. The number of nitrogens with zero attached hydrogens (tertiary/aromatic N) is 3. The summed E-state index contributed by atoms with van der Waals surface area (Å²) in [5.74, 6) is -0.0215. The molecule has 0 bridgehead atoms. The molecule has 0 unspecified atom stereocenters. The fourth-order valence-electron chi connectivity index (χ4n) is 1.92. The molecule has 1 amide bonds. The van der Waals surface area contributed by atoms with Gasteiger partial charge in [-0.2, -0.15) is 0 Å². The molecule has 0 atom stereocenters. The van der Waals surface area contributed by atoms with E-state index in [9.17, 15) is 4.79 Å². The van der Waals surface area contributed by atoms with Crippen molar-refractivity contribution in [2.24, 2.45) is 0 Å². The van der Waals surface area contributed by atoms with Gasteiger partial charge in [-0.3, -0.25) is 9.69 Å². The average molecular weight is 270 g/mol. The minimum absolute atomic E-state index is 0.0104. The molecule has 1 aliphatic rings. The molecule has 0 aliphatic carbocycles. The fourth-order valence-corrected chi connectivity index (χ4v) is 2.62. The standard InChI is InChI=1S/C11H18N4O2S/c16-7-1-12-10(17)9-14-3-5-15(6-4-14)11-13-2-8-18-11/h2,8,16H,1,3-7,9H2,(H,12,17). The van der Waals surface area contributed by atoms with Crippen LogP contribution in [0.2, 0.25) is 0 Å². The number of hydrogen-bond acceptors (Lipinski definition) is 6. The molecule has 0 radical (unpaired) electrons. The van der Waals surface area contributed by atoms with E-state index in [0.717, 1.165) is 31.3 Å². The number of hydrogen-bond donors (Lipinski definition) is 2. The van der Waals surface area contributed by atoms with E-state index in [2.05, 4.69) is 20.1 Å². The first kappa shape index (κ1) is 13.3. The maximum atomic E-state index is 11.5. The lowest BCUT2D eigenvalue weighted by Gasteiger charge is -2.34. The van der Waals surface area contributed by atoms with Gasteiger partial charge in [0.1, 0.15) is 0 Å². The van der Waals surface area contributed by atoms with Crippen molar-refractivity contribution in [2.45, 2.75) is 0 Å². The first-order valence-corrected chi connectivity index (χ1v) is 6.92. The van der Waals surface area contributed by atoms with Crippen molar-refractivity contribution < 1.29 is 9.90 Å².